The van der Waals surface area contributed by atoms with Gasteiger partial charge < -0.3 is 0 Å². The Hall–Kier alpha value is 0.110. The van der Waals surface area contributed by atoms with E-state index in [1.54, 1.807) is 0 Å². The third kappa shape index (κ3) is 2.80. The molecule has 0 unspecified atom stereocenters. The van der Waals surface area contributed by atoms with Crippen molar-refractivity contribution in [3.63, 3.8) is 0 Å². The lowest BCUT2D eigenvalue weighted by Gasteiger charge is -1.94. The first-order valence-corrected chi connectivity index (χ1v) is 4.20. The van der Waals surface area contributed by atoms with E-state index in [1.807, 2.05) is 6.07 Å². The van der Waals surface area contributed by atoms with Gasteiger partial charge in [0.15, 0.2) is 0 Å². The van der Waals surface area contributed by atoms with E-state index in [2.05, 4.69) is 50.9 Å². The van der Waals surface area contributed by atoms with Gasteiger partial charge in [-0.1, -0.05) is 31.9 Å². The molecule has 1 rings (SSSR count). The minimum atomic E-state index is 0. The van der Waals surface area contributed by atoms with Crippen LogP contribution in [0.3, 0.4) is 0 Å². The zero-order chi connectivity index (χ0) is 6.85. The number of benzene rings is 1. The summed E-state index contributed by atoms with van der Waals surface area (Å²) in [6, 6.07) is 6.17. The Balaban J connectivity index is 0.000000810. The minimum absolute atomic E-state index is 0. The fourth-order valence-corrected chi connectivity index (χ4v) is 2.21. The van der Waals surface area contributed by atoms with Gasteiger partial charge in [0.2, 0.25) is 0 Å². The molecule has 1 aromatic rings. The van der Waals surface area contributed by atoms with Crippen LogP contribution in [-0.2, 0) is 0 Å². The Morgan fingerprint density at radius 1 is 1.00 bits per heavy atom. The Morgan fingerprint density at radius 3 is 1.70 bits per heavy atom. The molecule has 0 heterocycles. The smallest absolute Gasteiger partial charge is 0.0189 e. The largest absolute Gasteiger partial charge is 0.269 e. The van der Waals surface area contributed by atoms with Crippen molar-refractivity contribution in [1.82, 2.24) is 0 Å². The van der Waals surface area contributed by atoms with E-state index in [0.29, 0.717) is 0 Å². The van der Waals surface area contributed by atoms with Crippen molar-refractivity contribution in [3.8, 4) is 0 Å². The number of halogens is 3. The van der Waals surface area contributed by atoms with Crippen LogP contribution >= 0.6 is 31.9 Å². The monoisotopic (exact) mass is 268 g/mol. The standard InChI is InChI=1S/C7H6Br2.FH/c1-5-2-6(8)4-7(9)3-5;/h2-4H,1H3;1H. The zero-order valence-electron chi connectivity index (χ0n) is 5.40. The second-order valence-corrected chi connectivity index (χ2v) is 3.78. The Morgan fingerprint density at radius 2 is 1.40 bits per heavy atom. The van der Waals surface area contributed by atoms with Gasteiger partial charge in [-0.25, -0.2) is 0 Å². The number of hydrogen-bond donors (Lipinski definition) is 0. The fourth-order valence-electron chi connectivity index (χ4n) is 0.692. The highest BCUT2D eigenvalue weighted by Crippen LogP contribution is 2.18. The lowest BCUT2D eigenvalue weighted by molar-refractivity contribution is 1.11. The topological polar surface area (TPSA) is 0 Å². The maximum absolute atomic E-state index is 3.38. The Labute approximate surface area is 76.3 Å². The van der Waals surface area contributed by atoms with Crippen molar-refractivity contribution < 1.29 is 4.70 Å². The molecule has 0 saturated heterocycles. The van der Waals surface area contributed by atoms with E-state index in [1.165, 1.54) is 5.56 Å². The van der Waals surface area contributed by atoms with Crippen LogP contribution in [-0.4, -0.2) is 0 Å². The van der Waals surface area contributed by atoms with Crippen LogP contribution in [0.4, 0.5) is 4.70 Å². The summed E-state index contributed by atoms with van der Waals surface area (Å²) in [5, 5.41) is 0. The van der Waals surface area contributed by atoms with Crippen molar-refractivity contribution in [2.75, 3.05) is 0 Å². The van der Waals surface area contributed by atoms with E-state index < -0.39 is 0 Å². The second kappa shape index (κ2) is 4.09. The fraction of sp³-hybridized carbons (Fsp3) is 0.143. The summed E-state index contributed by atoms with van der Waals surface area (Å²) in [4.78, 5) is 0. The zero-order valence-corrected chi connectivity index (χ0v) is 8.57. The van der Waals surface area contributed by atoms with Crippen LogP contribution in [0.15, 0.2) is 27.1 Å². The number of aryl methyl sites for hydroxylation is 1. The van der Waals surface area contributed by atoms with Gasteiger partial charge in [-0.2, -0.15) is 0 Å². The average Bonchev–Trinajstić information content (AvgIpc) is 1.59. The van der Waals surface area contributed by atoms with Crippen LogP contribution in [0, 0.1) is 6.92 Å². The number of rotatable bonds is 0. The van der Waals surface area contributed by atoms with E-state index >= 15 is 0 Å². The molecular weight excluding hydrogens is 263 g/mol. The maximum Gasteiger partial charge on any atom is 0.0189 e. The van der Waals surface area contributed by atoms with Crippen LogP contribution in [0.2, 0.25) is 0 Å². The molecule has 3 heteroatoms. The molecule has 0 aliphatic heterocycles. The lowest BCUT2D eigenvalue weighted by Crippen LogP contribution is -1.71. The second-order valence-electron chi connectivity index (χ2n) is 1.95. The van der Waals surface area contributed by atoms with Crippen LogP contribution in [0.25, 0.3) is 0 Å². The van der Waals surface area contributed by atoms with Crippen molar-refractivity contribution >= 4 is 31.9 Å². The summed E-state index contributed by atoms with van der Waals surface area (Å²) in [6.07, 6.45) is 0. The molecule has 0 radical (unpaired) electrons. The summed E-state index contributed by atoms with van der Waals surface area (Å²) in [5.74, 6) is 0. The van der Waals surface area contributed by atoms with Crippen molar-refractivity contribution in [3.05, 3.63) is 32.7 Å². The lowest BCUT2D eigenvalue weighted by atomic mass is 10.2. The molecule has 1 aromatic carbocycles. The van der Waals surface area contributed by atoms with Gasteiger partial charge in [-0.15, -0.1) is 0 Å². The molecule has 0 fully saturated rings. The first kappa shape index (κ1) is 10.1. The molecule has 0 N–H and O–H groups in total. The molecule has 0 aromatic heterocycles. The first-order valence-electron chi connectivity index (χ1n) is 2.61. The summed E-state index contributed by atoms with van der Waals surface area (Å²) < 4.78 is 2.24. The first-order chi connectivity index (χ1) is 4.18. The average molecular weight is 270 g/mol. The molecule has 0 amide bonds. The molecule has 0 aliphatic carbocycles. The quantitative estimate of drug-likeness (QED) is 0.674. The van der Waals surface area contributed by atoms with Gasteiger partial charge in [0.05, 0.1) is 0 Å². The van der Waals surface area contributed by atoms with Gasteiger partial charge in [-0.05, 0) is 30.7 Å². The van der Waals surface area contributed by atoms with Gasteiger partial charge >= 0.3 is 0 Å². The molecule has 0 nitrogen and oxygen atoms in total. The van der Waals surface area contributed by atoms with Crippen molar-refractivity contribution in [1.29, 1.82) is 0 Å². The highest BCUT2D eigenvalue weighted by Gasteiger charge is 1.90. The molecule has 0 saturated carbocycles. The summed E-state index contributed by atoms with van der Waals surface area (Å²) >= 11 is 6.77. The van der Waals surface area contributed by atoms with E-state index in [0.717, 1.165) is 8.95 Å². The van der Waals surface area contributed by atoms with E-state index in [9.17, 15) is 0 Å². The van der Waals surface area contributed by atoms with E-state index in [-0.39, 0.29) is 4.70 Å². The van der Waals surface area contributed by atoms with E-state index in [4.69, 9.17) is 0 Å². The van der Waals surface area contributed by atoms with Gasteiger partial charge in [0.25, 0.3) is 0 Å². The van der Waals surface area contributed by atoms with Crippen molar-refractivity contribution in [2.45, 2.75) is 6.92 Å². The Kier molecular flexibility index (Phi) is 4.13. The molecular formula is C7H7Br2F. The number of hydrogen-bond acceptors (Lipinski definition) is 0. The van der Waals surface area contributed by atoms with Gasteiger partial charge in [0.1, 0.15) is 0 Å². The maximum atomic E-state index is 3.38. The predicted octanol–water partition coefficient (Wildman–Crippen LogP) is 3.67. The summed E-state index contributed by atoms with van der Waals surface area (Å²) in [6.45, 7) is 2.06. The van der Waals surface area contributed by atoms with Crippen molar-refractivity contribution in [2.24, 2.45) is 0 Å². The van der Waals surface area contributed by atoms with Gasteiger partial charge in [-0.3, -0.25) is 4.70 Å². The van der Waals surface area contributed by atoms with Crippen LogP contribution in [0.5, 0.6) is 0 Å². The van der Waals surface area contributed by atoms with Crippen LogP contribution < -0.4 is 0 Å². The normalized spacial score (nSPS) is 8.70. The molecule has 0 spiro atoms. The highest BCUT2D eigenvalue weighted by atomic mass is 79.9. The molecule has 0 bridgehead atoms. The molecule has 0 aliphatic rings. The van der Waals surface area contributed by atoms with Gasteiger partial charge in [0, 0.05) is 8.95 Å². The minimum Gasteiger partial charge on any atom is -0.269 e. The third-order valence-corrected chi connectivity index (χ3v) is 1.92. The third-order valence-electron chi connectivity index (χ3n) is 1.01. The molecule has 10 heavy (non-hydrogen) atoms. The highest BCUT2D eigenvalue weighted by molar-refractivity contribution is 9.11. The molecule has 0 atom stereocenters. The SMILES string of the molecule is Cc1cc(Br)cc(Br)c1.F. The summed E-state index contributed by atoms with van der Waals surface area (Å²) in [5.41, 5.74) is 1.26. The summed E-state index contributed by atoms with van der Waals surface area (Å²) in [7, 11) is 0. The molecule has 56 valence electrons. The Bertz CT molecular complexity index is 172. The van der Waals surface area contributed by atoms with Crippen LogP contribution in [0.1, 0.15) is 5.56 Å². The predicted molar refractivity (Wildman–Crippen MR) is 49.1 cm³/mol.